The molecule has 1 aromatic rings. The molecule has 6 heteroatoms. The zero-order valence-electron chi connectivity index (χ0n) is 7.89. The Morgan fingerprint density at radius 1 is 1.50 bits per heavy atom. The van der Waals surface area contributed by atoms with Crippen molar-refractivity contribution in [2.75, 3.05) is 13.2 Å². The van der Waals surface area contributed by atoms with Crippen LogP contribution >= 0.6 is 0 Å². The van der Waals surface area contributed by atoms with Crippen LogP contribution in [-0.4, -0.2) is 34.5 Å². The van der Waals surface area contributed by atoms with Crippen molar-refractivity contribution in [3.63, 3.8) is 0 Å². The lowest BCUT2D eigenvalue weighted by molar-refractivity contribution is 0.0649. The van der Waals surface area contributed by atoms with Gasteiger partial charge in [-0.15, -0.1) is 10.2 Å². The molecule has 78 valence electrons. The Balaban J connectivity index is 2.33. The molecule has 0 fully saturated rings. The minimum absolute atomic E-state index is 0.290. The number of hydrogen-bond donors (Lipinski definition) is 1. The summed E-state index contributed by atoms with van der Waals surface area (Å²) in [4.78, 5) is 10.4. The molecule has 0 radical (unpaired) electrons. The first-order valence-electron chi connectivity index (χ1n) is 4.37. The summed E-state index contributed by atoms with van der Waals surface area (Å²) in [6.07, 6.45) is 1.39. The first-order valence-corrected chi connectivity index (χ1v) is 4.37. The minimum Gasteiger partial charge on any atom is -0.474 e. The topological polar surface area (TPSA) is 85.5 Å². The minimum atomic E-state index is -1.21. The average molecular weight is 200 g/mol. The largest absolute Gasteiger partial charge is 0.474 e. The summed E-state index contributed by atoms with van der Waals surface area (Å²) >= 11 is 0. The van der Waals surface area contributed by atoms with E-state index in [1.807, 2.05) is 6.92 Å². The van der Waals surface area contributed by atoms with E-state index < -0.39 is 5.97 Å². The van der Waals surface area contributed by atoms with Crippen LogP contribution in [0.1, 0.15) is 29.9 Å². The number of ether oxygens (including phenoxy) is 1. The zero-order chi connectivity index (χ0) is 10.4. The maximum absolute atomic E-state index is 10.4. The Labute approximate surface area is 80.9 Å². The predicted molar refractivity (Wildman–Crippen MR) is 46.1 cm³/mol. The molecule has 1 aromatic heterocycles. The standard InChI is InChI=1S/C8H12N2O4/c1-2-4-13-5-3-6-9-10-7(14-6)8(11)12/h2-5H2,1H3,(H,11,12). The highest BCUT2D eigenvalue weighted by molar-refractivity contribution is 5.81. The third-order valence-corrected chi connectivity index (χ3v) is 1.46. The molecule has 6 nitrogen and oxygen atoms in total. The predicted octanol–water partition coefficient (Wildman–Crippen LogP) is 0.737. The highest BCUT2D eigenvalue weighted by Crippen LogP contribution is 2.00. The number of carboxylic acids is 1. The number of carbonyl (C=O) groups is 1. The Morgan fingerprint density at radius 2 is 2.29 bits per heavy atom. The lowest BCUT2D eigenvalue weighted by atomic mass is 10.4. The fraction of sp³-hybridized carbons (Fsp3) is 0.625. The molecule has 0 aliphatic carbocycles. The number of rotatable bonds is 6. The van der Waals surface area contributed by atoms with Crippen molar-refractivity contribution >= 4 is 5.97 Å². The molecule has 0 aliphatic rings. The van der Waals surface area contributed by atoms with Gasteiger partial charge in [-0.1, -0.05) is 6.92 Å². The molecule has 0 atom stereocenters. The van der Waals surface area contributed by atoms with Crippen molar-refractivity contribution < 1.29 is 19.1 Å². The number of hydrogen-bond acceptors (Lipinski definition) is 5. The fourth-order valence-corrected chi connectivity index (χ4v) is 0.847. The molecule has 0 amide bonds. The zero-order valence-corrected chi connectivity index (χ0v) is 7.89. The van der Waals surface area contributed by atoms with Gasteiger partial charge in [0.2, 0.25) is 5.89 Å². The molecule has 0 saturated carbocycles. The van der Waals surface area contributed by atoms with Crippen molar-refractivity contribution in [1.82, 2.24) is 10.2 Å². The normalized spacial score (nSPS) is 10.4. The van der Waals surface area contributed by atoms with Crippen LogP contribution in [0, 0.1) is 0 Å². The van der Waals surface area contributed by atoms with Gasteiger partial charge in [-0.25, -0.2) is 4.79 Å². The summed E-state index contributed by atoms with van der Waals surface area (Å²) in [6, 6.07) is 0. The Hall–Kier alpha value is -1.43. The SMILES string of the molecule is CCCOCCc1nnc(C(=O)O)o1. The van der Waals surface area contributed by atoms with Crippen LogP contribution in [-0.2, 0) is 11.2 Å². The van der Waals surface area contributed by atoms with Gasteiger partial charge in [0.1, 0.15) is 0 Å². The second-order valence-corrected chi connectivity index (χ2v) is 2.67. The van der Waals surface area contributed by atoms with E-state index in [1.165, 1.54) is 0 Å². The van der Waals surface area contributed by atoms with Gasteiger partial charge in [0.05, 0.1) is 6.61 Å². The van der Waals surface area contributed by atoms with E-state index in [-0.39, 0.29) is 5.89 Å². The number of carboxylic acid groups (broad SMARTS) is 1. The van der Waals surface area contributed by atoms with E-state index >= 15 is 0 Å². The fourth-order valence-electron chi connectivity index (χ4n) is 0.847. The van der Waals surface area contributed by atoms with Gasteiger partial charge in [0, 0.05) is 13.0 Å². The van der Waals surface area contributed by atoms with Gasteiger partial charge in [-0.2, -0.15) is 0 Å². The van der Waals surface area contributed by atoms with Gasteiger partial charge < -0.3 is 14.3 Å². The molecule has 0 spiro atoms. The molecule has 14 heavy (non-hydrogen) atoms. The van der Waals surface area contributed by atoms with Crippen LogP contribution in [0.2, 0.25) is 0 Å². The molecular formula is C8H12N2O4. The summed E-state index contributed by atoms with van der Waals surface area (Å²) in [6.45, 7) is 3.16. The lowest BCUT2D eigenvalue weighted by Gasteiger charge is -1.97. The summed E-state index contributed by atoms with van der Waals surface area (Å²) in [5, 5.41) is 15.4. The summed E-state index contributed by atoms with van der Waals surface area (Å²) < 4.78 is 10.0. The first-order chi connectivity index (χ1) is 6.74. The van der Waals surface area contributed by atoms with Crippen molar-refractivity contribution in [3.8, 4) is 0 Å². The highest BCUT2D eigenvalue weighted by Gasteiger charge is 2.12. The van der Waals surface area contributed by atoms with Gasteiger partial charge in [0.15, 0.2) is 0 Å². The van der Waals surface area contributed by atoms with Crippen LogP contribution < -0.4 is 0 Å². The van der Waals surface area contributed by atoms with Crippen molar-refractivity contribution in [3.05, 3.63) is 11.8 Å². The monoisotopic (exact) mass is 200 g/mol. The second-order valence-electron chi connectivity index (χ2n) is 2.67. The summed E-state index contributed by atoms with van der Waals surface area (Å²) in [5.74, 6) is -1.30. The summed E-state index contributed by atoms with van der Waals surface area (Å²) in [5.41, 5.74) is 0. The smallest absolute Gasteiger partial charge is 0.393 e. The van der Waals surface area contributed by atoms with E-state index in [1.54, 1.807) is 0 Å². The molecule has 1 N–H and O–H groups in total. The van der Waals surface area contributed by atoms with Gasteiger partial charge in [-0.05, 0) is 6.42 Å². The van der Waals surface area contributed by atoms with Gasteiger partial charge in [0.25, 0.3) is 0 Å². The van der Waals surface area contributed by atoms with E-state index in [9.17, 15) is 4.79 Å². The maximum atomic E-state index is 10.4. The van der Waals surface area contributed by atoms with Crippen LogP contribution in [0.25, 0.3) is 0 Å². The lowest BCUT2D eigenvalue weighted by Crippen LogP contribution is -1.99. The van der Waals surface area contributed by atoms with Gasteiger partial charge >= 0.3 is 11.9 Å². The number of nitrogens with zero attached hydrogens (tertiary/aromatic N) is 2. The first kappa shape index (κ1) is 10.6. The van der Waals surface area contributed by atoms with Crippen LogP contribution in [0.3, 0.4) is 0 Å². The van der Waals surface area contributed by atoms with E-state index in [0.717, 1.165) is 6.42 Å². The molecule has 0 bridgehead atoms. The molecule has 1 heterocycles. The van der Waals surface area contributed by atoms with Crippen molar-refractivity contribution in [1.29, 1.82) is 0 Å². The maximum Gasteiger partial charge on any atom is 0.393 e. The molecule has 0 saturated heterocycles. The van der Waals surface area contributed by atoms with E-state index in [4.69, 9.17) is 14.3 Å². The third-order valence-electron chi connectivity index (χ3n) is 1.46. The van der Waals surface area contributed by atoms with E-state index in [0.29, 0.717) is 25.5 Å². The molecule has 1 rings (SSSR count). The van der Waals surface area contributed by atoms with Gasteiger partial charge in [-0.3, -0.25) is 0 Å². The molecule has 0 unspecified atom stereocenters. The average Bonchev–Trinajstić information content (AvgIpc) is 2.61. The van der Waals surface area contributed by atoms with Crippen molar-refractivity contribution in [2.24, 2.45) is 0 Å². The second kappa shape index (κ2) is 5.33. The number of aromatic carboxylic acids is 1. The van der Waals surface area contributed by atoms with E-state index in [2.05, 4.69) is 10.2 Å². The Morgan fingerprint density at radius 3 is 2.86 bits per heavy atom. The van der Waals surface area contributed by atoms with Crippen LogP contribution in [0.5, 0.6) is 0 Å². The number of aromatic nitrogens is 2. The Bertz CT molecular complexity index is 297. The molecule has 0 aliphatic heterocycles. The molecular weight excluding hydrogens is 188 g/mol. The van der Waals surface area contributed by atoms with Crippen molar-refractivity contribution in [2.45, 2.75) is 19.8 Å². The summed E-state index contributed by atoms with van der Waals surface area (Å²) in [7, 11) is 0. The quantitative estimate of drug-likeness (QED) is 0.681. The Kier molecular flexibility index (Phi) is 4.06. The third kappa shape index (κ3) is 3.14. The van der Waals surface area contributed by atoms with Crippen LogP contribution in [0.4, 0.5) is 0 Å². The molecule has 0 aromatic carbocycles. The van der Waals surface area contributed by atoms with Crippen LogP contribution in [0.15, 0.2) is 4.42 Å². The highest BCUT2D eigenvalue weighted by atomic mass is 16.5.